The van der Waals surface area contributed by atoms with Crippen LogP contribution in [0.15, 0.2) is 303 Å². The van der Waals surface area contributed by atoms with Gasteiger partial charge >= 0.3 is 0 Å². The van der Waals surface area contributed by atoms with Crippen LogP contribution >= 0.6 is 0 Å². The highest BCUT2D eigenvalue weighted by molar-refractivity contribution is 7.12. The van der Waals surface area contributed by atoms with Crippen LogP contribution in [0.25, 0.3) is 77.2 Å². The fourth-order valence-corrected chi connectivity index (χ4v) is 18.6. The number of hydrogen-bond donors (Lipinski definition) is 0. The monoisotopic (exact) mass is 1270 g/mol. The highest BCUT2D eigenvalue weighted by atomic mass is 16.5. The van der Waals surface area contributed by atoms with E-state index >= 15 is 0 Å². The first-order valence-corrected chi connectivity index (χ1v) is 34.3. The molecule has 4 aliphatic rings. The summed E-state index contributed by atoms with van der Waals surface area (Å²) >= 11 is 0. The number of ether oxygens (including phenoxy) is 4. The zero-order valence-corrected chi connectivity index (χ0v) is 55.2. The van der Waals surface area contributed by atoms with Crippen LogP contribution in [0.3, 0.4) is 0 Å². The number of fused-ring (bicyclic) bond motifs is 22. The Morgan fingerprint density at radius 3 is 0.848 bits per heavy atom. The zero-order chi connectivity index (χ0) is 65.8. The summed E-state index contributed by atoms with van der Waals surface area (Å²) in [6, 6.07) is 115. The lowest BCUT2D eigenvalue weighted by Crippen LogP contribution is -2.75. The van der Waals surface area contributed by atoms with Gasteiger partial charge in [0.25, 0.3) is 0 Å². The van der Waals surface area contributed by atoms with Gasteiger partial charge in [-0.2, -0.15) is 0 Å². The topological polar surface area (TPSA) is 46.8 Å². The molecule has 0 radical (unpaired) electrons. The Morgan fingerprint density at radius 2 is 0.535 bits per heavy atom. The van der Waals surface area contributed by atoms with Crippen molar-refractivity contribution in [3.05, 3.63) is 326 Å². The molecule has 4 heterocycles. The molecule has 16 aromatic rings. The Labute approximate surface area is 576 Å². The molecule has 0 saturated carbocycles. The van der Waals surface area contributed by atoms with Crippen LogP contribution < -0.4 is 84.5 Å². The van der Waals surface area contributed by atoms with E-state index in [1.165, 1.54) is 110 Å². The van der Waals surface area contributed by atoms with Crippen LogP contribution in [-0.2, 0) is 5.41 Å². The Balaban J connectivity index is 0.960. The van der Waals surface area contributed by atoms with Gasteiger partial charge in [-0.05, 0) is 142 Å². The lowest BCUT2D eigenvalue weighted by atomic mass is 9.20. The molecular formula is C89H62B4N2O4. The average Bonchev–Trinajstić information content (AvgIpc) is 1.49. The Kier molecular flexibility index (Phi) is 12.8. The minimum atomic E-state index is -0.833. The molecule has 464 valence electrons. The molecule has 0 amide bonds. The quantitative estimate of drug-likeness (QED) is 0.128. The van der Waals surface area contributed by atoms with E-state index in [2.05, 4.69) is 312 Å². The maximum atomic E-state index is 5.96. The van der Waals surface area contributed by atoms with Gasteiger partial charge in [-0.15, -0.1) is 0 Å². The van der Waals surface area contributed by atoms with E-state index < -0.39 is 5.41 Å². The number of methoxy groups -OCH3 is 4. The van der Waals surface area contributed by atoms with Crippen molar-refractivity contribution in [1.82, 2.24) is 9.13 Å². The second-order valence-corrected chi connectivity index (χ2v) is 27.0. The second-order valence-electron chi connectivity index (χ2n) is 27.0. The molecule has 0 bridgehead atoms. The van der Waals surface area contributed by atoms with Crippen molar-refractivity contribution >= 4 is 136 Å². The molecule has 2 aliphatic carbocycles. The van der Waals surface area contributed by atoms with Crippen molar-refractivity contribution in [1.29, 1.82) is 0 Å². The minimum Gasteiger partial charge on any atom is -0.497 e. The third-order valence-corrected chi connectivity index (χ3v) is 22.6. The molecule has 1 spiro atoms. The molecular weight excluding hydrogens is 1200 g/mol. The zero-order valence-electron chi connectivity index (χ0n) is 55.2. The van der Waals surface area contributed by atoms with Crippen molar-refractivity contribution < 1.29 is 18.9 Å². The molecule has 10 heteroatoms. The molecule has 6 nitrogen and oxygen atoms in total. The maximum Gasteiger partial charge on any atom is 0.240 e. The van der Waals surface area contributed by atoms with E-state index in [0.29, 0.717) is 0 Å². The number of rotatable bonds is 10. The molecule has 0 N–H and O–H groups in total. The summed E-state index contributed by atoms with van der Waals surface area (Å²) in [7, 11) is 6.99. The molecule has 14 aromatic carbocycles. The lowest BCUT2D eigenvalue weighted by Gasteiger charge is -2.36. The van der Waals surface area contributed by atoms with Gasteiger partial charge in [0.05, 0.1) is 55.9 Å². The van der Waals surface area contributed by atoms with Crippen LogP contribution in [0, 0.1) is 0 Å². The number of aromatic nitrogens is 2. The lowest BCUT2D eigenvalue weighted by molar-refractivity contribution is 0.415. The van der Waals surface area contributed by atoms with Crippen LogP contribution in [0.1, 0.15) is 22.3 Å². The predicted octanol–water partition coefficient (Wildman–Crippen LogP) is 11.0. The molecule has 20 rings (SSSR count). The largest absolute Gasteiger partial charge is 0.497 e. The second kappa shape index (κ2) is 22.1. The molecule has 99 heavy (non-hydrogen) atoms. The standard InChI is InChI=1S/C89H62B4N2O4/c1-96-61-35-45-81-65(51-61)66-52-62(97-2)36-46-82(66)94(81)59-33-39-71-69(49-59)85-73(41-43-79-87(85)92(57-25-13-7-14-26-57)77-31-19-17-29-75(77)90(79)55-21-9-5-10-22-55)89(71)72-40-34-60(95-83-47-37-63(98-3)53-67(83)68-54-64(99-4)38-48-84(68)95)50-70(72)86-74(89)42-44-80-88(86)93(58-27-15-8-16-28-58)78-32-20-18-30-76(78)91(80)56-23-11-6-12-24-56/h5-54H,1-4H3. The van der Waals surface area contributed by atoms with Crippen molar-refractivity contribution in [2.45, 2.75) is 5.41 Å². The maximum absolute atomic E-state index is 5.96. The van der Waals surface area contributed by atoms with E-state index in [1.54, 1.807) is 28.4 Å². The van der Waals surface area contributed by atoms with E-state index in [1.807, 2.05) is 0 Å². The summed E-state index contributed by atoms with van der Waals surface area (Å²) in [5, 5.41) is 4.37. The first-order valence-electron chi connectivity index (χ1n) is 34.3. The van der Waals surface area contributed by atoms with Gasteiger partial charge in [0.1, 0.15) is 23.0 Å². The first kappa shape index (κ1) is 57.4. The predicted molar refractivity (Wildman–Crippen MR) is 415 cm³/mol. The van der Waals surface area contributed by atoms with Crippen molar-refractivity contribution in [3.8, 4) is 56.6 Å². The Bertz CT molecular complexity index is 5540. The van der Waals surface area contributed by atoms with Crippen molar-refractivity contribution in [3.63, 3.8) is 0 Å². The third-order valence-electron chi connectivity index (χ3n) is 22.6. The highest BCUT2D eigenvalue weighted by Crippen LogP contribution is 2.63. The number of hydrogen-bond acceptors (Lipinski definition) is 4. The minimum absolute atomic E-state index is 0.0429. The normalized spacial score (nSPS) is 13.5. The van der Waals surface area contributed by atoms with Gasteiger partial charge in [0.15, 0.2) is 0 Å². The highest BCUT2D eigenvalue weighted by Gasteiger charge is 2.56. The molecule has 0 fully saturated rings. The Morgan fingerprint density at radius 1 is 0.253 bits per heavy atom. The first-order chi connectivity index (χ1) is 48.9. The summed E-state index contributed by atoms with van der Waals surface area (Å²) in [6.07, 6.45) is 0. The van der Waals surface area contributed by atoms with Gasteiger partial charge in [-0.25, -0.2) is 0 Å². The van der Waals surface area contributed by atoms with Crippen LogP contribution in [0.2, 0.25) is 0 Å². The smallest absolute Gasteiger partial charge is 0.240 e. The SMILES string of the molecule is COc1ccc2c(c1)c1cc(OC)ccc1n2-c1ccc2c(c1)-c1c(ccc3c1B(c1ccccc1)c1ccccc1B3c1ccccc1)C21c2ccc(-n3c4ccc(OC)cc4c4cc(OC)ccc43)cc2-c2c1ccc1c2B(c2ccccc2)c2ccccc2B1c1ccccc1. The van der Waals surface area contributed by atoms with Gasteiger partial charge in [-0.3, -0.25) is 0 Å². The summed E-state index contributed by atoms with van der Waals surface area (Å²) in [6.45, 7) is -0.314. The van der Waals surface area contributed by atoms with Crippen molar-refractivity contribution in [2.75, 3.05) is 28.4 Å². The van der Waals surface area contributed by atoms with Crippen LogP contribution in [-0.4, -0.2) is 64.4 Å². The fourth-order valence-electron chi connectivity index (χ4n) is 18.6. The Hall–Kier alpha value is -11.9. The van der Waals surface area contributed by atoms with Gasteiger partial charge in [-0.1, -0.05) is 272 Å². The van der Waals surface area contributed by atoms with Crippen LogP contribution in [0.5, 0.6) is 23.0 Å². The van der Waals surface area contributed by atoms with Gasteiger partial charge < -0.3 is 28.1 Å². The van der Waals surface area contributed by atoms with Gasteiger partial charge in [0, 0.05) is 32.9 Å². The molecule has 2 aromatic heterocycles. The van der Waals surface area contributed by atoms with Crippen LogP contribution in [0.4, 0.5) is 0 Å². The van der Waals surface area contributed by atoms with Gasteiger partial charge in [0.2, 0.25) is 26.9 Å². The summed E-state index contributed by atoms with van der Waals surface area (Å²) in [5.74, 6) is 3.21. The summed E-state index contributed by atoms with van der Waals surface area (Å²) < 4.78 is 28.8. The molecule has 0 atom stereocenters. The average molecular weight is 1270 g/mol. The summed E-state index contributed by atoms with van der Waals surface area (Å²) in [5.41, 5.74) is 31.5. The van der Waals surface area contributed by atoms with E-state index in [4.69, 9.17) is 18.9 Å². The van der Waals surface area contributed by atoms with E-state index in [0.717, 1.165) is 78.0 Å². The fraction of sp³-hybridized carbons (Fsp3) is 0.0562. The number of benzene rings is 14. The molecule has 0 saturated heterocycles. The molecule has 2 aliphatic heterocycles. The molecule has 0 unspecified atom stereocenters. The van der Waals surface area contributed by atoms with Crippen molar-refractivity contribution in [2.24, 2.45) is 0 Å². The van der Waals surface area contributed by atoms with E-state index in [-0.39, 0.29) is 26.9 Å². The van der Waals surface area contributed by atoms with E-state index in [9.17, 15) is 0 Å². The third kappa shape index (κ3) is 8.11. The number of nitrogens with zero attached hydrogens (tertiary/aromatic N) is 2. The summed E-state index contributed by atoms with van der Waals surface area (Å²) in [4.78, 5) is 0.